The van der Waals surface area contributed by atoms with Crippen LogP contribution in [-0.4, -0.2) is 54.3 Å². The zero-order chi connectivity index (χ0) is 23.3. The fraction of sp³-hybridized carbons (Fsp3) is 0.263. The second kappa shape index (κ2) is 9.98. The van der Waals surface area contributed by atoms with E-state index in [2.05, 4.69) is 10.6 Å². The molecule has 1 fully saturated rings. The van der Waals surface area contributed by atoms with E-state index < -0.39 is 15.8 Å². The maximum Gasteiger partial charge on any atom is 0.296 e. The molecule has 32 heavy (non-hydrogen) atoms. The average Bonchev–Trinajstić information content (AvgIpc) is 2.79. The predicted molar refractivity (Wildman–Crippen MR) is 119 cm³/mol. The third-order valence-electron chi connectivity index (χ3n) is 4.66. The van der Waals surface area contributed by atoms with Crippen molar-refractivity contribution in [3.63, 3.8) is 0 Å². The number of nitrogens with zero attached hydrogens (tertiary/aromatic N) is 3. The van der Waals surface area contributed by atoms with Crippen molar-refractivity contribution in [3.8, 4) is 5.75 Å². The van der Waals surface area contributed by atoms with E-state index in [0.29, 0.717) is 32.0 Å². The molecule has 2 N–H and O–H groups in total. The Kier molecular flexibility index (Phi) is 7.12. The van der Waals surface area contributed by atoms with Crippen molar-refractivity contribution in [2.75, 3.05) is 43.6 Å². The molecule has 1 saturated heterocycles. The van der Waals surface area contributed by atoms with Gasteiger partial charge in [0.2, 0.25) is 0 Å². The van der Waals surface area contributed by atoms with Gasteiger partial charge < -0.3 is 19.7 Å². The number of hydrogen-bond donors (Lipinski definition) is 2. The molecule has 0 unspecified atom stereocenters. The summed E-state index contributed by atoms with van der Waals surface area (Å²) in [7, 11) is 1.38. The molecule has 0 aliphatic carbocycles. The molecule has 2 aromatic carbocycles. The number of nitro groups is 2. The van der Waals surface area contributed by atoms with Crippen LogP contribution < -0.4 is 20.3 Å². The summed E-state index contributed by atoms with van der Waals surface area (Å²) in [4.78, 5) is 36.1. The Hall–Kier alpha value is -3.84. The van der Waals surface area contributed by atoms with E-state index in [9.17, 15) is 25.0 Å². The summed E-state index contributed by atoms with van der Waals surface area (Å²) < 4.78 is 10.3. The Bertz CT molecular complexity index is 1070. The van der Waals surface area contributed by atoms with Crippen LogP contribution in [0.4, 0.5) is 22.7 Å². The van der Waals surface area contributed by atoms with Crippen LogP contribution in [0.15, 0.2) is 36.4 Å². The van der Waals surface area contributed by atoms with E-state index in [1.165, 1.54) is 43.5 Å². The van der Waals surface area contributed by atoms with Crippen molar-refractivity contribution in [2.24, 2.45) is 0 Å². The van der Waals surface area contributed by atoms with Crippen LogP contribution in [0.1, 0.15) is 10.4 Å². The first-order chi connectivity index (χ1) is 15.3. The molecule has 0 aromatic heterocycles. The number of anilines is 2. The van der Waals surface area contributed by atoms with Crippen LogP contribution in [0.3, 0.4) is 0 Å². The minimum Gasteiger partial charge on any atom is -0.496 e. The largest absolute Gasteiger partial charge is 0.496 e. The number of carbonyl (C=O) groups excluding carboxylic acids is 1. The normalized spacial score (nSPS) is 13.2. The minimum atomic E-state index is -0.691. The first kappa shape index (κ1) is 22.8. The highest BCUT2D eigenvalue weighted by atomic mass is 32.1. The summed E-state index contributed by atoms with van der Waals surface area (Å²) >= 11 is 5.14. The number of carbonyl (C=O) groups is 1. The molecule has 0 saturated carbocycles. The Balaban J connectivity index is 1.83. The van der Waals surface area contributed by atoms with Gasteiger partial charge in [0.25, 0.3) is 17.3 Å². The summed E-state index contributed by atoms with van der Waals surface area (Å²) in [5, 5.41) is 27.4. The van der Waals surface area contributed by atoms with Crippen molar-refractivity contribution in [3.05, 3.63) is 62.2 Å². The van der Waals surface area contributed by atoms with Crippen LogP contribution in [-0.2, 0) is 4.74 Å². The third-order valence-corrected chi connectivity index (χ3v) is 4.87. The highest BCUT2D eigenvalue weighted by molar-refractivity contribution is 7.80. The Morgan fingerprint density at radius 3 is 2.47 bits per heavy atom. The van der Waals surface area contributed by atoms with Gasteiger partial charge in [-0.25, -0.2) is 0 Å². The molecule has 0 bridgehead atoms. The van der Waals surface area contributed by atoms with Crippen LogP contribution in [0.25, 0.3) is 0 Å². The standard InChI is InChI=1S/C19H19N5O7S/c1-30-13-3-4-15(17(11-13)24(28)29)20-19(32)21-18(25)14-10-12(23(26)27)2-5-16(14)22-6-8-31-9-7-22/h2-5,10-11H,6-9H2,1H3,(H2,20,21,25,32). The number of non-ortho nitro benzene ring substituents is 1. The zero-order valence-electron chi connectivity index (χ0n) is 16.9. The molecular weight excluding hydrogens is 442 g/mol. The molecule has 168 valence electrons. The van der Waals surface area contributed by atoms with E-state index in [0.717, 1.165) is 0 Å². The molecule has 1 aliphatic rings. The van der Waals surface area contributed by atoms with Gasteiger partial charge in [0.1, 0.15) is 11.4 Å². The molecule has 12 nitrogen and oxygen atoms in total. The van der Waals surface area contributed by atoms with Crippen LogP contribution in [0.2, 0.25) is 0 Å². The van der Waals surface area contributed by atoms with Gasteiger partial charge in [-0.2, -0.15) is 0 Å². The number of methoxy groups -OCH3 is 1. The Morgan fingerprint density at radius 1 is 1.12 bits per heavy atom. The SMILES string of the molecule is COc1ccc(NC(=S)NC(=O)c2cc([N+](=O)[O-])ccc2N2CCOCC2)c([N+](=O)[O-])c1. The lowest BCUT2D eigenvalue weighted by molar-refractivity contribution is -0.384. The molecule has 13 heteroatoms. The predicted octanol–water partition coefficient (Wildman–Crippen LogP) is 2.48. The van der Waals surface area contributed by atoms with Crippen molar-refractivity contribution in [1.29, 1.82) is 0 Å². The molecule has 3 rings (SSSR count). The zero-order valence-corrected chi connectivity index (χ0v) is 17.7. The number of nitrogens with one attached hydrogen (secondary N) is 2. The van der Waals surface area contributed by atoms with Gasteiger partial charge in [-0.1, -0.05) is 0 Å². The van der Waals surface area contributed by atoms with Gasteiger partial charge in [-0.15, -0.1) is 0 Å². The lowest BCUT2D eigenvalue weighted by Gasteiger charge is -2.30. The first-order valence-corrected chi connectivity index (χ1v) is 9.77. The lowest BCUT2D eigenvalue weighted by Crippen LogP contribution is -2.39. The van der Waals surface area contributed by atoms with Crippen molar-refractivity contribution < 1.29 is 24.1 Å². The van der Waals surface area contributed by atoms with Gasteiger partial charge in [0.15, 0.2) is 5.11 Å². The van der Waals surface area contributed by atoms with Crippen molar-refractivity contribution in [1.82, 2.24) is 5.32 Å². The highest BCUT2D eigenvalue weighted by Crippen LogP contribution is 2.29. The highest BCUT2D eigenvalue weighted by Gasteiger charge is 2.23. The van der Waals surface area contributed by atoms with Gasteiger partial charge in [0.05, 0.1) is 47.5 Å². The van der Waals surface area contributed by atoms with Gasteiger partial charge in [0, 0.05) is 25.2 Å². The average molecular weight is 461 g/mol. The van der Waals surface area contributed by atoms with Crippen molar-refractivity contribution in [2.45, 2.75) is 0 Å². The number of amides is 1. The molecule has 2 aromatic rings. The number of benzene rings is 2. The van der Waals surface area contributed by atoms with Crippen molar-refractivity contribution >= 4 is 46.0 Å². The smallest absolute Gasteiger partial charge is 0.296 e. The summed E-state index contributed by atoms with van der Waals surface area (Å²) in [6.45, 7) is 1.94. The van der Waals surface area contributed by atoms with E-state index in [1.807, 2.05) is 4.90 Å². The Morgan fingerprint density at radius 2 is 1.84 bits per heavy atom. The van der Waals surface area contributed by atoms with Gasteiger partial charge in [-0.3, -0.25) is 30.3 Å². The summed E-state index contributed by atoms with van der Waals surface area (Å²) in [6.07, 6.45) is 0. The molecule has 0 radical (unpaired) electrons. The van der Waals surface area contributed by atoms with Gasteiger partial charge >= 0.3 is 0 Å². The third kappa shape index (κ3) is 5.25. The molecule has 0 spiro atoms. The molecule has 0 atom stereocenters. The van der Waals surface area contributed by atoms with E-state index >= 15 is 0 Å². The van der Waals surface area contributed by atoms with Crippen LogP contribution in [0.5, 0.6) is 5.75 Å². The molecular formula is C19H19N5O7S. The number of ether oxygens (including phenoxy) is 2. The maximum atomic E-state index is 12.9. The van der Waals surface area contributed by atoms with Gasteiger partial charge in [-0.05, 0) is 30.4 Å². The maximum absolute atomic E-state index is 12.9. The van der Waals surface area contributed by atoms with E-state index in [4.69, 9.17) is 21.7 Å². The summed E-state index contributed by atoms with van der Waals surface area (Å²) in [6, 6.07) is 8.09. The number of thiocarbonyl (C=S) groups is 1. The van der Waals surface area contributed by atoms with E-state index in [1.54, 1.807) is 0 Å². The summed E-state index contributed by atoms with van der Waals surface area (Å²) in [5.41, 5.74) is 0.0415. The quantitative estimate of drug-likeness (QED) is 0.373. The minimum absolute atomic E-state index is 0.0496. The number of nitro benzene ring substituents is 2. The molecule has 1 aliphatic heterocycles. The molecule has 1 amide bonds. The van der Waals surface area contributed by atoms with Crippen LogP contribution in [0, 0.1) is 20.2 Å². The Labute approximate surface area is 187 Å². The number of morpholine rings is 1. The fourth-order valence-corrected chi connectivity index (χ4v) is 3.32. The second-order valence-corrected chi connectivity index (χ2v) is 7.01. The second-order valence-electron chi connectivity index (χ2n) is 6.61. The van der Waals surface area contributed by atoms with Crippen LogP contribution >= 0.6 is 12.2 Å². The number of rotatable bonds is 6. The lowest BCUT2D eigenvalue weighted by atomic mass is 10.1. The monoisotopic (exact) mass is 461 g/mol. The molecule has 1 heterocycles. The van der Waals surface area contributed by atoms with E-state index in [-0.39, 0.29) is 33.5 Å². The number of hydrogen-bond acceptors (Lipinski definition) is 9. The fourth-order valence-electron chi connectivity index (χ4n) is 3.12. The topological polar surface area (TPSA) is 149 Å². The first-order valence-electron chi connectivity index (χ1n) is 9.36. The summed E-state index contributed by atoms with van der Waals surface area (Å²) in [5.74, 6) is -0.409.